The van der Waals surface area contributed by atoms with Crippen LogP contribution in [0.15, 0.2) is 30.3 Å². The predicted molar refractivity (Wildman–Crippen MR) is 67.3 cm³/mol. The molecule has 5 heteroatoms. The van der Waals surface area contributed by atoms with Crippen LogP contribution in [0.3, 0.4) is 0 Å². The van der Waals surface area contributed by atoms with Gasteiger partial charge in [-0.05, 0) is 23.8 Å². The summed E-state index contributed by atoms with van der Waals surface area (Å²) in [4.78, 5) is 23.1. The van der Waals surface area contributed by atoms with Gasteiger partial charge in [0.1, 0.15) is 5.75 Å². The van der Waals surface area contributed by atoms with Gasteiger partial charge in [-0.25, -0.2) is 4.79 Å². The van der Waals surface area contributed by atoms with Crippen molar-refractivity contribution in [2.24, 2.45) is 0 Å². The lowest BCUT2D eigenvalue weighted by atomic mass is 10.2. The lowest BCUT2D eigenvalue weighted by Gasteiger charge is -2.11. The number of hydrogen-bond donors (Lipinski definition) is 1. The Morgan fingerprint density at radius 1 is 1.39 bits per heavy atom. The molecule has 1 amide bonds. The maximum atomic E-state index is 11.3. The Hall–Kier alpha value is -2.30. The smallest absolute Gasteiger partial charge is 0.328 e. The minimum Gasteiger partial charge on any atom is -0.484 e. The highest BCUT2D eigenvalue weighted by molar-refractivity contribution is 5.85. The number of carboxylic acids is 1. The molecule has 0 aliphatic heterocycles. The van der Waals surface area contributed by atoms with Gasteiger partial charge in [-0.15, -0.1) is 0 Å². The second kappa shape index (κ2) is 6.44. The molecule has 0 saturated carbocycles. The number of likely N-dealkylation sites (N-methyl/N-ethyl adjacent to an activating group) is 1. The summed E-state index contributed by atoms with van der Waals surface area (Å²) in [6, 6.07) is 6.86. The number of carbonyl (C=O) groups excluding carboxylic acids is 1. The summed E-state index contributed by atoms with van der Waals surface area (Å²) in [5, 5.41) is 8.51. The zero-order valence-electron chi connectivity index (χ0n) is 10.3. The third kappa shape index (κ3) is 4.69. The molecule has 0 heterocycles. The number of nitrogens with zero attached hydrogens (tertiary/aromatic N) is 1. The second-order valence-electron chi connectivity index (χ2n) is 3.82. The van der Waals surface area contributed by atoms with Gasteiger partial charge in [-0.1, -0.05) is 12.1 Å². The summed E-state index contributed by atoms with van der Waals surface area (Å²) < 4.78 is 5.30. The largest absolute Gasteiger partial charge is 0.484 e. The molecule has 0 saturated heterocycles. The Kier molecular flexibility index (Phi) is 4.92. The van der Waals surface area contributed by atoms with Gasteiger partial charge in [0, 0.05) is 20.2 Å². The van der Waals surface area contributed by atoms with Gasteiger partial charge in [-0.3, -0.25) is 4.79 Å². The molecular weight excluding hydrogens is 234 g/mol. The average Bonchev–Trinajstić information content (AvgIpc) is 2.33. The first kappa shape index (κ1) is 13.8. The Bertz CT molecular complexity index is 466. The number of benzene rings is 1. The van der Waals surface area contributed by atoms with Crippen molar-refractivity contribution in [3.8, 4) is 5.75 Å². The number of rotatable bonds is 5. The third-order valence-corrected chi connectivity index (χ3v) is 2.14. The molecule has 1 N–H and O–H groups in total. The maximum Gasteiger partial charge on any atom is 0.328 e. The third-order valence-electron chi connectivity index (χ3n) is 2.14. The van der Waals surface area contributed by atoms with E-state index in [0.717, 1.165) is 6.08 Å². The second-order valence-corrected chi connectivity index (χ2v) is 3.82. The van der Waals surface area contributed by atoms with Crippen molar-refractivity contribution >= 4 is 18.0 Å². The highest BCUT2D eigenvalue weighted by atomic mass is 16.5. The number of amides is 1. The standard InChI is InChI=1S/C13H15NO4/c1-14(2)12(15)9-18-11-5-3-4-10(8-11)6-7-13(16)17/h3-8H,9H2,1-2H3,(H,16,17)/b7-6+. The topological polar surface area (TPSA) is 66.8 Å². The molecule has 1 rings (SSSR count). The summed E-state index contributed by atoms with van der Waals surface area (Å²) in [7, 11) is 3.30. The van der Waals surface area contributed by atoms with Crippen LogP contribution in [0.1, 0.15) is 5.56 Å². The van der Waals surface area contributed by atoms with E-state index in [9.17, 15) is 9.59 Å². The van der Waals surface area contributed by atoms with E-state index in [0.29, 0.717) is 11.3 Å². The van der Waals surface area contributed by atoms with Crippen LogP contribution in [-0.2, 0) is 9.59 Å². The molecule has 1 aromatic carbocycles. The highest BCUT2D eigenvalue weighted by Gasteiger charge is 2.04. The summed E-state index contributed by atoms with van der Waals surface area (Å²) in [6.07, 6.45) is 2.51. The van der Waals surface area contributed by atoms with E-state index in [4.69, 9.17) is 9.84 Å². The van der Waals surface area contributed by atoms with E-state index >= 15 is 0 Å². The van der Waals surface area contributed by atoms with E-state index in [1.807, 2.05) is 0 Å². The molecule has 96 valence electrons. The summed E-state index contributed by atoms with van der Waals surface area (Å²) in [6.45, 7) is -0.0426. The highest BCUT2D eigenvalue weighted by Crippen LogP contribution is 2.14. The molecule has 0 atom stereocenters. The van der Waals surface area contributed by atoms with Crippen molar-refractivity contribution in [3.05, 3.63) is 35.9 Å². The number of aliphatic carboxylic acids is 1. The van der Waals surface area contributed by atoms with Gasteiger partial charge in [0.2, 0.25) is 0 Å². The first-order valence-corrected chi connectivity index (χ1v) is 5.33. The van der Waals surface area contributed by atoms with Crippen LogP contribution in [0.5, 0.6) is 5.75 Å². The van der Waals surface area contributed by atoms with E-state index in [1.165, 1.54) is 11.0 Å². The maximum absolute atomic E-state index is 11.3. The Morgan fingerprint density at radius 2 is 2.11 bits per heavy atom. The van der Waals surface area contributed by atoms with E-state index in [2.05, 4.69) is 0 Å². The first-order chi connectivity index (χ1) is 8.49. The molecule has 0 spiro atoms. The normalized spacial score (nSPS) is 10.3. The Morgan fingerprint density at radius 3 is 2.72 bits per heavy atom. The van der Waals surface area contributed by atoms with Crippen molar-refractivity contribution in [2.75, 3.05) is 20.7 Å². The number of ether oxygens (including phenoxy) is 1. The van der Waals surface area contributed by atoms with Crippen LogP contribution in [0, 0.1) is 0 Å². The Labute approximate surface area is 105 Å². The molecule has 0 aliphatic rings. The van der Waals surface area contributed by atoms with Gasteiger partial charge in [-0.2, -0.15) is 0 Å². The SMILES string of the molecule is CN(C)C(=O)COc1cccc(/C=C/C(=O)O)c1. The van der Waals surface area contributed by atoms with Crippen molar-refractivity contribution in [1.29, 1.82) is 0 Å². The summed E-state index contributed by atoms with van der Waals surface area (Å²) in [5.41, 5.74) is 0.701. The minimum absolute atomic E-state index is 0.0426. The van der Waals surface area contributed by atoms with Crippen LogP contribution < -0.4 is 4.74 Å². The molecule has 0 radical (unpaired) electrons. The van der Waals surface area contributed by atoms with Crippen LogP contribution in [0.4, 0.5) is 0 Å². The molecular formula is C13H15NO4. The fourth-order valence-corrected chi connectivity index (χ4v) is 1.15. The van der Waals surface area contributed by atoms with Crippen molar-refractivity contribution < 1.29 is 19.4 Å². The van der Waals surface area contributed by atoms with Gasteiger partial charge >= 0.3 is 5.97 Å². The summed E-state index contributed by atoms with van der Waals surface area (Å²) in [5.74, 6) is -0.622. The van der Waals surface area contributed by atoms with Crippen LogP contribution in [-0.4, -0.2) is 42.6 Å². The van der Waals surface area contributed by atoms with Crippen molar-refractivity contribution in [1.82, 2.24) is 4.90 Å². The molecule has 0 bridgehead atoms. The van der Waals surface area contributed by atoms with Gasteiger partial charge < -0.3 is 14.7 Å². The molecule has 0 fully saturated rings. The minimum atomic E-state index is -1.01. The van der Waals surface area contributed by atoms with Gasteiger partial charge in [0.25, 0.3) is 5.91 Å². The molecule has 0 aliphatic carbocycles. The van der Waals surface area contributed by atoms with E-state index in [-0.39, 0.29) is 12.5 Å². The Balaban J connectivity index is 2.65. The number of hydrogen-bond acceptors (Lipinski definition) is 3. The molecule has 1 aromatic rings. The molecule has 5 nitrogen and oxygen atoms in total. The first-order valence-electron chi connectivity index (χ1n) is 5.33. The fourth-order valence-electron chi connectivity index (χ4n) is 1.15. The molecule has 18 heavy (non-hydrogen) atoms. The molecule has 0 unspecified atom stereocenters. The van der Waals surface area contributed by atoms with Crippen molar-refractivity contribution in [2.45, 2.75) is 0 Å². The number of carboxylic acid groups (broad SMARTS) is 1. The van der Waals surface area contributed by atoms with Gasteiger partial charge in [0.05, 0.1) is 0 Å². The molecule has 0 aromatic heterocycles. The fraction of sp³-hybridized carbons (Fsp3) is 0.231. The number of carbonyl (C=O) groups is 2. The zero-order valence-corrected chi connectivity index (χ0v) is 10.3. The van der Waals surface area contributed by atoms with E-state index < -0.39 is 5.97 Å². The van der Waals surface area contributed by atoms with E-state index in [1.54, 1.807) is 38.4 Å². The summed E-state index contributed by atoms with van der Waals surface area (Å²) >= 11 is 0. The lowest BCUT2D eigenvalue weighted by Crippen LogP contribution is -2.27. The lowest BCUT2D eigenvalue weighted by molar-refractivity contribution is -0.131. The quantitative estimate of drug-likeness (QED) is 0.797. The van der Waals surface area contributed by atoms with Crippen LogP contribution >= 0.6 is 0 Å². The van der Waals surface area contributed by atoms with Crippen LogP contribution in [0.25, 0.3) is 6.08 Å². The van der Waals surface area contributed by atoms with Crippen molar-refractivity contribution in [3.63, 3.8) is 0 Å². The van der Waals surface area contributed by atoms with Crippen LogP contribution in [0.2, 0.25) is 0 Å². The predicted octanol–water partition coefficient (Wildman–Crippen LogP) is 1.25. The van der Waals surface area contributed by atoms with Gasteiger partial charge in [0.15, 0.2) is 6.61 Å². The zero-order chi connectivity index (χ0) is 13.5. The monoisotopic (exact) mass is 249 g/mol. The average molecular weight is 249 g/mol.